The van der Waals surface area contributed by atoms with E-state index in [-0.39, 0.29) is 11.7 Å². The molecule has 1 aliphatic heterocycles. The Bertz CT molecular complexity index is 836. The fourth-order valence-electron chi connectivity index (χ4n) is 2.86. The van der Waals surface area contributed by atoms with E-state index in [0.29, 0.717) is 6.54 Å². The van der Waals surface area contributed by atoms with Crippen LogP contribution in [-0.2, 0) is 22.6 Å². The van der Waals surface area contributed by atoms with Gasteiger partial charge in [0.2, 0.25) is 5.91 Å². The lowest BCUT2D eigenvalue weighted by atomic mass is 10.2. The van der Waals surface area contributed by atoms with Crippen LogP contribution in [0.1, 0.15) is 11.4 Å². The van der Waals surface area contributed by atoms with E-state index in [1.807, 2.05) is 35.8 Å². The molecule has 0 spiro atoms. The average Bonchev–Trinajstić information content (AvgIpc) is 3.06. The molecule has 0 unspecified atom stereocenters. The van der Waals surface area contributed by atoms with Gasteiger partial charge in [-0.15, -0.1) is 16.8 Å². The van der Waals surface area contributed by atoms with Crippen LogP contribution in [0, 0.1) is 6.92 Å². The van der Waals surface area contributed by atoms with Crippen LogP contribution in [-0.4, -0.2) is 57.6 Å². The molecule has 0 atom stereocenters. The van der Waals surface area contributed by atoms with Crippen LogP contribution in [0.3, 0.4) is 0 Å². The van der Waals surface area contributed by atoms with Gasteiger partial charge in [-0.1, -0.05) is 33.8 Å². The second kappa shape index (κ2) is 10.2. The van der Waals surface area contributed by atoms with E-state index in [1.165, 1.54) is 11.8 Å². The van der Waals surface area contributed by atoms with Gasteiger partial charge in [-0.3, -0.25) is 9.69 Å². The van der Waals surface area contributed by atoms with Crippen molar-refractivity contribution in [1.29, 1.82) is 0 Å². The van der Waals surface area contributed by atoms with Gasteiger partial charge < -0.3 is 14.6 Å². The Balaban J connectivity index is 1.60. The van der Waals surface area contributed by atoms with E-state index < -0.39 is 0 Å². The zero-order valence-electron chi connectivity index (χ0n) is 15.9. The van der Waals surface area contributed by atoms with E-state index in [1.54, 1.807) is 0 Å². The molecule has 0 aliphatic carbocycles. The molecule has 7 nitrogen and oxygen atoms in total. The van der Waals surface area contributed by atoms with Crippen molar-refractivity contribution in [2.24, 2.45) is 0 Å². The lowest BCUT2D eigenvalue weighted by Gasteiger charge is -2.26. The molecule has 150 valence electrons. The third-order valence-corrected chi connectivity index (χ3v) is 6.20. The van der Waals surface area contributed by atoms with E-state index in [4.69, 9.17) is 4.74 Å². The van der Waals surface area contributed by atoms with Gasteiger partial charge in [-0.05, 0) is 30.7 Å². The first-order valence-electron chi connectivity index (χ1n) is 9.08. The number of hydrogen-bond donors (Lipinski definition) is 1. The van der Waals surface area contributed by atoms with Crippen molar-refractivity contribution in [3.05, 3.63) is 46.7 Å². The third kappa shape index (κ3) is 5.66. The first-order valence-corrected chi connectivity index (χ1v) is 10.9. The second-order valence-corrected chi connectivity index (χ2v) is 8.28. The topological polar surface area (TPSA) is 72.3 Å². The summed E-state index contributed by atoms with van der Waals surface area (Å²) in [6.45, 7) is 10.4. The van der Waals surface area contributed by atoms with E-state index in [9.17, 15) is 4.79 Å². The first-order chi connectivity index (χ1) is 13.6. The van der Waals surface area contributed by atoms with E-state index in [2.05, 4.69) is 42.9 Å². The average molecular weight is 466 g/mol. The van der Waals surface area contributed by atoms with Gasteiger partial charge in [0, 0.05) is 29.8 Å². The lowest BCUT2D eigenvalue weighted by molar-refractivity contribution is -0.113. The molecule has 2 aromatic rings. The molecular weight excluding hydrogens is 442 g/mol. The van der Waals surface area contributed by atoms with Crippen LogP contribution >= 0.6 is 27.7 Å². The highest BCUT2D eigenvalue weighted by Crippen LogP contribution is 2.22. The molecule has 1 amide bonds. The number of benzene rings is 1. The molecule has 1 saturated heterocycles. The largest absolute Gasteiger partial charge is 0.379 e. The number of hydrogen-bond acceptors (Lipinski definition) is 6. The van der Waals surface area contributed by atoms with Gasteiger partial charge in [0.1, 0.15) is 5.82 Å². The number of anilines is 1. The second-order valence-electron chi connectivity index (χ2n) is 6.49. The number of nitrogens with one attached hydrogen (secondary N) is 1. The number of allylic oxidation sites excluding steroid dienone is 1. The van der Waals surface area contributed by atoms with Gasteiger partial charge in [0.15, 0.2) is 5.16 Å². The molecular formula is C19H24BrN5O2S. The summed E-state index contributed by atoms with van der Waals surface area (Å²) in [6.07, 6.45) is 1.82. The molecule has 1 N–H and O–H groups in total. The Morgan fingerprint density at radius 3 is 2.89 bits per heavy atom. The fourth-order valence-corrected chi connectivity index (χ4v) is 3.88. The molecule has 28 heavy (non-hydrogen) atoms. The maximum absolute atomic E-state index is 12.3. The number of aryl methyl sites for hydroxylation is 1. The van der Waals surface area contributed by atoms with Crippen LogP contribution in [0.4, 0.5) is 5.69 Å². The summed E-state index contributed by atoms with van der Waals surface area (Å²) in [4.78, 5) is 14.6. The number of aromatic nitrogens is 3. The third-order valence-electron chi connectivity index (χ3n) is 4.35. The number of rotatable bonds is 8. The summed E-state index contributed by atoms with van der Waals surface area (Å²) in [6, 6.07) is 5.74. The van der Waals surface area contributed by atoms with Crippen molar-refractivity contribution in [2.75, 3.05) is 37.4 Å². The van der Waals surface area contributed by atoms with E-state index in [0.717, 1.165) is 59.6 Å². The fraction of sp³-hybridized carbons (Fsp3) is 0.421. The smallest absolute Gasteiger partial charge is 0.234 e. The van der Waals surface area contributed by atoms with Crippen LogP contribution in [0.15, 0.2) is 40.5 Å². The Morgan fingerprint density at radius 2 is 2.18 bits per heavy atom. The van der Waals surface area contributed by atoms with Gasteiger partial charge in [-0.2, -0.15) is 0 Å². The molecule has 3 rings (SSSR count). The number of thioether (sulfide) groups is 1. The summed E-state index contributed by atoms with van der Waals surface area (Å²) in [5, 5.41) is 12.3. The number of carbonyl (C=O) groups excluding carboxylic acids is 1. The summed E-state index contributed by atoms with van der Waals surface area (Å²) in [5.41, 5.74) is 1.86. The van der Waals surface area contributed by atoms with Gasteiger partial charge in [0.25, 0.3) is 0 Å². The number of morpholine rings is 1. The van der Waals surface area contributed by atoms with Gasteiger partial charge in [0.05, 0.1) is 25.5 Å². The number of nitrogens with zero attached hydrogens (tertiary/aromatic N) is 4. The summed E-state index contributed by atoms with van der Waals surface area (Å²) in [7, 11) is 0. The number of halogens is 1. The molecule has 2 heterocycles. The highest BCUT2D eigenvalue weighted by molar-refractivity contribution is 9.10. The number of amides is 1. The minimum atomic E-state index is -0.0744. The summed E-state index contributed by atoms with van der Waals surface area (Å²) >= 11 is 4.85. The molecule has 0 saturated carbocycles. The van der Waals surface area contributed by atoms with Crippen molar-refractivity contribution < 1.29 is 9.53 Å². The Labute approximate surface area is 177 Å². The van der Waals surface area contributed by atoms with Crippen molar-refractivity contribution >= 4 is 39.3 Å². The monoisotopic (exact) mass is 465 g/mol. The molecule has 0 bridgehead atoms. The molecule has 1 aromatic heterocycles. The Morgan fingerprint density at radius 1 is 1.39 bits per heavy atom. The van der Waals surface area contributed by atoms with Crippen molar-refractivity contribution in [3.63, 3.8) is 0 Å². The van der Waals surface area contributed by atoms with Crippen LogP contribution in [0.25, 0.3) is 0 Å². The van der Waals surface area contributed by atoms with E-state index >= 15 is 0 Å². The molecule has 1 aliphatic rings. The predicted molar refractivity (Wildman–Crippen MR) is 115 cm³/mol. The maximum Gasteiger partial charge on any atom is 0.234 e. The first kappa shape index (κ1) is 21.0. The Kier molecular flexibility index (Phi) is 7.66. The molecule has 9 heteroatoms. The van der Waals surface area contributed by atoms with Crippen LogP contribution in [0.5, 0.6) is 0 Å². The van der Waals surface area contributed by atoms with Gasteiger partial charge in [-0.25, -0.2) is 0 Å². The zero-order valence-corrected chi connectivity index (χ0v) is 18.3. The number of carbonyl (C=O) groups is 1. The number of ether oxygens (including phenoxy) is 1. The highest BCUT2D eigenvalue weighted by Gasteiger charge is 2.18. The molecule has 1 fully saturated rings. The Hall–Kier alpha value is -1.68. The van der Waals surface area contributed by atoms with Crippen LogP contribution in [0.2, 0.25) is 0 Å². The highest BCUT2D eigenvalue weighted by atomic mass is 79.9. The lowest BCUT2D eigenvalue weighted by Crippen LogP contribution is -2.36. The van der Waals surface area contributed by atoms with Crippen molar-refractivity contribution in [1.82, 2.24) is 19.7 Å². The zero-order chi connectivity index (χ0) is 19.9. The standard InChI is InChI=1S/C19H24BrN5O2S/c1-3-6-25-17(12-24-7-9-27-10-8-24)22-23-19(25)28-13-18(26)21-15-4-5-16(20)14(2)11-15/h3-5,11H,1,6-10,12-13H2,2H3,(H,21,26). The summed E-state index contributed by atoms with van der Waals surface area (Å²) < 4.78 is 8.43. The SMILES string of the molecule is C=CCn1c(CN2CCOCC2)nnc1SCC(=O)Nc1ccc(Br)c(C)c1. The van der Waals surface area contributed by atoms with Crippen molar-refractivity contribution in [2.45, 2.75) is 25.2 Å². The quantitative estimate of drug-likeness (QED) is 0.476. The van der Waals surface area contributed by atoms with Crippen LogP contribution < -0.4 is 5.32 Å². The predicted octanol–water partition coefficient (Wildman–Crippen LogP) is 3.10. The summed E-state index contributed by atoms with van der Waals surface area (Å²) in [5.74, 6) is 1.07. The molecule has 1 aromatic carbocycles. The molecule has 0 radical (unpaired) electrons. The normalized spacial score (nSPS) is 14.8. The van der Waals surface area contributed by atoms with Gasteiger partial charge >= 0.3 is 0 Å². The minimum Gasteiger partial charge on any atom is -0.379 e. The van der Waals surface area contributed by atoms with Crippen molar-refractivity contribution in [3.8, 4) is 0 Å². The maximum atomic E-state index is 12.3. The minimum absolute atomic E-state index is 0.0744.